The van der Waals surface area contributed by atoms with Crippen LogP contribution in [0.1, 0.15) is 38.1 Å². The third kappa shape index (κ3) is 6.56. The number of para-hydroxylation sites is 1. The normalized spacial score (nSPS) is 12.2. The van der Waals surface area contributed by atoms with Gasteiger partial charge in [-0.15, -0.1) is 11.3 Å². The number of methoxy groups -OCH3 is 1. The van der Waals surface area contributed by atoms with Crippen LogP contribution in [0.15, 0.2) is 41.8 Å². The van der Waals surface area contributed by atoms with Crippen molar-refractivity contribution in [2.24, 2.45) is 0 Å². The minimum Gasteiger partial charge on any atom is -0.496 e. The molecule has 6 nitrogen and oxygen atoms in total. The Morgan fingerprint density at radius 2 is 1.86 bits per heavy atom. The number of hydrogen-bond donors (Lipinski definition) is 1. The number of thiophene rings is 1. The predicted octanol–water partition coefficient (Wildman–Crippen LogP) is 4.20. The summed E-state index contributed by atoms with van der Waals surface area (Å²) in [5, 5.41) is 4.61. The number of alkyl carbamates (subject to hydrolysis) is 1. The van der Waals surface area contributed by atoms with E-state index in [0.717, 1.165) is 16.2 Å². The molecule has 0 radical (unpaired) electrons. The van der Waals surface area contributed by atoms with Gasteiger partial charge in [0.1, 0.15) is 17.4 Å². The molecule has 0 saturated carbocycles. The van der Waals surface area contributed by atoms with E-state index in [1.165, 1.54) is 0 Å². The van der Waals surface area contributed by atoms with Crippen molar-refractivity contribution in [3.8, 4) is 5.75 Å². The maximum Gasteiger partial charge on any atom is 0.408 e. The Balaban J connectivity index is 2.15. The van der Waals surface area contributed by atoms with E-state index < -0.39 is 17.7 Å². The first-order valence-electron chi connectivity index (χ1n) is 9.12. The molecule has 0 aliphatic carbocycles. The lowest BCUT2D eigenvalue weighted by Crippen LogP contribution is -2.47. The van der Waals surface area contributed by atoms with Crippen molar-refractivity contribution < 1.29 is 19.1 Å². The molecule has 0 saturated heterocycles. The maximum absolute atomic E-state index is 13.1. The standard InChI is InChI=1S/C21H28N2O4S/c1-15(22-20(25)27-21(2,3)4)19(24)23(14-17-10-8-12-28-17)13-16-9-6-7-11-18(16)26-5/h6-12,15H,13-14H2,1-5H3,(H,22,25)/t15-/m1/s1. The first kappa shape index (κ1) is 21.8. The molecule has 1 heterocycles. The molecule has 0 fully saturated rings. The van der Waals surface area contributed by atoms with Crippen LogP contribution in [-0.4, -0.2) is 35.7 Å². The van der Waals surface area contributed by atoms with E-state index in [1.54, 1.807) is 51.0 Å². The number of rotatable bonds is 7. The highest BCUT2D eigenvalue weighted by Crippen LogP contribution is 2.22. The summed E-state index contributed by atoms with van der Waals surface area (Å²) in [5.41, 5.74) is 0.278. The SMILES string of the molecule is COc1ccccc1CN(Cc1cccs1)C(=O)[C@@H](C)NC(=O)OC(C)(C)C. The number of benzene rings is 1. The lowest BCUT2D eigenvalue weighted by molar-refractivity contribution is -0.134. The van der Waals surface area contributed by atoms with Crippen molar-refractivity contribution in [3.05, 3.63) is 52.2 Å². The molecule has 2 amide bonds. The highest BCUT2D eigenvalue weighted by molar-refractivity contribution is 7.09. The van der Waals surface area contributed by atoms with Crippen LogP contribution in [0.25, 0.3) is 0 Å². The third-order valence-corrected chi connectivity index (χ3v) is 4.76. The number of carbonyl (C=O) groups is 2. The van der Waals surface area contributed by atoms with Gasteiger partial charge in [-0.05, 0) is 45.2 Å². The molecule has 0 spiro atoms. The van der Waals surface area contributed by atoms with E-state index in [1.807, 2.05) is 41.8 Å². The van der Waals surface area contributed by atoms with Gasteiger partial charge in [-0.3, -0.25) is 4.79 Å². The Hall–Kier alpha value is -2.54. The summed E-state index contributed by atoms with van der Waals surface area (Å²) in [5.74, 6) is 0.532. The first-order valence-corrected chi connectivity index (χ1v) is 10.00. The van der Waals surface area contributed by atoms with E-state index in [-0.39, 0.29) is 5.91 Å². The molecule has 2 aromatic rings. The average Bonchev–Trinajstić information content (AvgIpc) is 3.12. The Labute approximate surface area is 170 Å². The van der Waals surface area contributed by atoms with Crippen LogP contribution in [0, 0.1) is 0 Å². The molecule has 152 valence electrons. The molecular weight excluding hydrogens is 376 g/mol. The Morgan fingerprint density at radius 1 is 1.14 bits per heavy atom. The summed E-state index contributed by atoms with van der Waals surface area (Å²) in [6, 6.07) is 10.8. The van der Waals surface area contributed by atoms with E-state index in [2.05, 4.69) is 5.32 Å². The van der Waals surface area contributed by atoms with E-state index in [4.69, 9.17) is 9.47 Å². The summed E-state index contributed by atoms with van der Waals surface area (Å²) < 4.78 is 10.7. The summed E-state index contributed by atoms with van der Waals surface area (Å²) in [4.78, 5) is 27.9. The second-order valence-corrected chi connectivity index (χ2v) is 8.49. The highest BCUT2D eigenvalue weighted by Gasteiger charge is 2.26. The lowest BCUT2D eigenvalue weighted by Gasteiger charge is -2.27. The fourth-order valence-electron chi connectivity index (χ4n) is 2.66. The monoisotopic (exact) mass is 404 g/mol. The molecule has 28 heavy (non-hydrogen) atoms. The predicted molar refractivity (Wildman–Crippen MR) is 110 cm³/mol. The number of ether oxygens (including phenoxy) is 2. The van der Waals surface area contributed by atoms with Gasteiger partial charge in [0.15, 0.2) is 0 Å². The van der Waals surface area contributed by atoms with Gasteiger partial charge in [-0.1, -0.05) is 24.3 Å². The van der Waals surface area contributed by atoms with E-state index >= 15 is 0 Å². The molecule has 1 aromatic carbocycles. The lowest BCUT2D eigenvalue weighted by atomic mass is 10.1. The first-order chi connectivity index (χ1) is 13.2. The second kappa shape index (κ2) is 9.59. The number of carbonyl (C=O) groups excluding carboxylic acids is 2. The Kier molecular flexibility index (Phi) is 7.45. The van der Waals surface area contributed by atoms with Crippen LogP contribution in [0.3, 0.4) is 0 Å². The minimum absolute atomic E-state index is 0.190. The van der Waals surface area contributed by atoms with Gasteiger partial charge >= 0.3 is 6.09 Å². The van der Waals surface area contributed by atoms with Crippen molar-refractivity contribution in [1.29, 1.82) is 0 Å². The van der Waals surface area contributed by atoms with Gasteiger partial charge in [0.2, 0.25) is 5.91 Å². The van der Waals surface area contributed by atoms with Crippen LogP contribution in [-0.2, 0) is 22.6 Å². The molecule has 0 unspecified atom stereocenters. The van der Waals surface area contributed by atoms with Crippen molar-refractivity contribution >= 4 is 23.3 Å². The molecule has 7 heteroatoms. The number of amides is 2. The summed E-state index contributed by atoms with van der Waals surface area (Å²) in [6.45, 7) is 7.84. The molecule has 1 N–H and O–H groups in total. The zero-order valence-corrected chi connectivity index (χ0v) is 17.8. The van der Waals surface area contributed by atoms with Gasteiger partial charge in [0.25, 0.3) is 0 Å². The third-order valence-electron chi connectivity index (χ3n) is 3.90. The molecular formula is C21H28N2O4S. The summed E-state index contributed by atoms with van der Waals surface area (Å²) in [6.07, 6.45) is -0.610. The average molecular weight is 405 g/mol. The van der Waals surface area contributed by atoms with Gasteiger partial charge in [0, 0.05) is 17.0 Å². The maximum atomic E-state index is 13.1. The number of nitrogens with zero attached hydrogens (tertiary/aromatic N) is 1. The quantitative estimate of drug-likeness (QED) is 0.751. The van der Waals surface area contributed by atoms with Crippen LogP contribution in [0.2, 0.25) is 0 Å². The van der Waals surface area contributed by atoms with Crippen molar-refractivity contribution in [1.82, 2.24) is 10.2 Å². The zero-order valence-electron chi connectivity index (χ0n) is 17.0. The Morgan fingerprint density at radius 3 is 2.46 bits per heavy atom. The largest absolute Gasteiger partial charge is 0.496 e. The van der Waals surface area contributed by atoms with Gasteiger partial charge in [-0.2, -0.15) is 0 Å². The summed E-state index contributed by atoms with van der Waals surface area (Å²) in [7, 11) is 1.61. The van der Waals surface area contributed by atoms with Gasteiger partial charge in [-0.25, -0.2) is 4.79 Å². The topological polar surface area (TPSA) is 67.9 Å². The minimum atomic E-state index is -0.718. The second-order valence-electron chi connectivity index (χ2n) is 7.45. The van der Waals surface area contributed by atoms with Crippen LogP contribution >= 0.6 is 11.3 Å². The molecule has 0 aliphatic rings. The zero-order chi connectivity index (χ0) is 20.7. The van der Waals surface area contributed by atoms with Crippen LogP contribution < -0.4 is 10.1 Å². The van der Waals surface area contributed by atoms with Crippen molar-refractivity contribution in [2.45, 2.75) is 52.4 Å². The molecule has 1 aromatic heterocycles. The van der Waals surface area contributed by atoms with Gasteiger partial charge < -0.3 is 19.7 Å². The fraction of sp³-hybridized carbons (Fsp3) is 0.429. The fourth-order valence-corrected chi connectivity index (χ4v) is 3.38. The van der Waals surface area contributed by atoms with Crippen LogP contribution in [0.5, 0.6) is 5.75 Å². The Bertz CT molecular complexity index is 784. The number of hydrogen-bond acceptors (Lipinski definition) is 5. The molecule has 2 rings (SSSR count). The molecule has 0 bridgehead atoms. The smallest absolute Gasteiger partial charge is 0.408 e. The molecule has 0 aliphatic heterocycles. The van der Waals surface area contributed by atoms with Gasteiger partial charge in [0.05, 0.1) is 13.7 Å². The highest BCUT2D eigenvalue weighted by atomic mass is 32.1. The van der Waals surface area contributed by atoms with Crippen LogP contribution in [0.4, 0.5) is 4.79 Å². The summed E-state index contributed by atoms with van der Waals surface area (Å²) >= 11 is 1.59. The van der Waals surface area contributed by atoms with E-state index in [0.29, 0.717) is 13.1 Å². The molecule has 1 atom stereocenters. The van der Waals surface area contributed by atoms with Crippen molar-refractivity contribution in [2.75, 3.05) is 7.11 Å². The number of nitrogens with one attached hydrogen (secondary N) is 1. The van der Waals surface area contributed by atoms with Crippen molar-refractivity contribution in [3.63, 3.8) is 0 Å². The van der Waals surface area contributed by atoms with E-state index in [9.17, 15) is 9.59 Å².